The summed E-state index contributed by atoms with van der Waals surface area (Å²) in [7, 11) is -3.95. The Morgan fingerprint density at radius 3 is 2.44 bits per heavy atom. The van der Waals surface area contributed by atoms with E-state index in [1.807, 2.05) is 43.3 Å². The fraction of sp³-hybridized carbons (Fsp3) is 0.333. The molecule has 3 atom stereocenters. The lowest BCUT2D eigenvalue weighted by atomic mass is 10.1. The third-order valence-electron chi connectivity index (χ3n) is 4.83. The Balaban J connectivity index is 1.88. The van der Waals surface area contributed by atoms with E-state index in [-0.39, 0.29) is 4.90 Å². The molecule has 1 aliphatic heterocycles. The fourth-order valence-electron chi connectivity index (χ4n) is 4.01. The quantitative estimate of drug-likeness (QED) is 0.807. The second kappa shape index (κ2) is 5.74. The Labute approximate surface area is 150 Å². The predicted octanol–water partition coefficient (Wildman–Crippen LogP) is 2.88. The third-order valence-corrected chi connectivity index (χ3v) is 8.57. The summed E-state index contributed by atoms with van der Waals surface area (Å²) in [6.07, 6.45) is 0.170. The van der Waals surface area contributed by atoms with Gasteiger partial charge in [0.2, 0.25) is 0 Å². The minimum absolute atomic E-state index is 0.222. The van der Waals surface area contributed by atoms with Gasteiger partial charge in [0.1, 0.15) is 6.10 Å². The van der Waals surface area contributed by atoms with Gasteiger partial charge in [-0.3, -0.25) is 4.18 Å². The predicted molar refractivity (Wildman–Crippen MR) is 95.6 cm³/mol. The van der Waals surface area contributed by atoms with Crippen molar-refractivity contribution >= 4 is 21.3 Å². The van der Waals surface area contributed by atoms with E-state index in [0.717, 1.165) is 20.4 Å². The highest BCUT2D eigenvalue weighted by Crippen LogP contribution is 2.46. The molecule has 0 unspecified atom stereocenters. The first-order valence-corrected chi connectivity index (χ1v) is 10.6. The van der Waals surface area contributed by atoms with Crippen LogP contribution in [0.1, 0.15) is 33.9 Å². The largest absolute Gasteiger partial charge is 0.272 e. The number of rotatable bonds is 2. The molecule has 2 aliphatic rings. The molecular formula is C18H19NO4S2. The second-order valence-corrected chi connectivity index (χ2v) is 9.69. The summed E-state index contributed by atoms with van der Waals surface area (Å²) < 4.78 is 45.9. The maximum atomic E-state index is 13.4. The maximum absolute atomic E-state index is 13.4. The molecule has 0 aromatic heterocycles. The van der Waals surface area contributed by atoms with E-state index in [9.17, 15) is 12.6 Å². The Morgan fingerprint density at radius 2 is 1.76 bits per heavy atom. The van der Waals surface area contributed by atoms with Crippen molar-refractivity contribution in [1.82, 2.24) is 3.71 Å². The molecule has 0 saturated carbocycles. The molecule has 0 bridgehead atoms. The molecule has 2 aromatic carbocycles. The van der Waals surface area contributed by atoms with E-state index in [1.165, 1.54) is 0 Å². The molecule has 0 N–H and O–H groups in total. The first kappa shape index (κ1) is 16.9. The van der Waals surface area contributed by atoms with E-state index in [0.29, 0.717) is 17.5 Å². The SMILES string of the molecule is Cc1cc(C)c(S(=O)(=O)N2[C@H]3c4ccccc4C[C@H]3O[S@@]2=O)c(C)c1. The zero-order valence-corrected chi connectivity index (χ0v) is 15.9. The summed E-state index contributed by atoms with van der Waals surface area (Å²) in [5.41, 5.74) is 4.24. The minimum Gasteiger partial charge on any atom is -0.272 e. The summed E-state index contributed by atoms with van der Waals surface area (Å²) in [6, 6.07) is 10.8. The maximum Gasteiger partial charge on any atom is 0.257 e. The van der Waals surface area contributed by atoms with Crippen LogP contribution in [0.3, 0.4) is 0 Å². The number of sulfonamides is 1. The van der Waals surface area contributed by atoms with Gasteiger partial charge in [0, 0.05) is 6.42 Å². The molecule has 2 aromatic rings. The molecule has 25 heavy (non-hydrogen) atoms. The lowest BCUT2D eigenvalue weighted by Crippen LogP contribution is -2.33. The van der Waals surface area contributed by atoms with Crippen molar-refractivity contribution in [1.29, 1.82) is 0 Å². The topological polar surface area (TPSA) is 63.7 Å². The van der Waals surface area contributed by atoms with Gasteiger partial charge in [-0.2, -0.15) is 0 Å². The molecule has 0 spiro atoms. The van der Waals surface area contributed by atoms with Crippen LogP contribution in [-0.2, 0) is 31.9 Å². The van der Waals surface area contributed by atoms with Gasteiger partial charge in [-0.1, -0.05) is 45.7 Å². The van der Waals surface area contributed by atoms with Crippen molar-refractivity contribution in [2.45, 2.75) is 44.2 Å². The molecule has 1 fully saturated rings. The van der Waals surface area contributed by atoms with Crippen molar-refractivity contribution in [3.8, 4) is 0 Å². The molecule has 0 radical (unpaired) electrons. The average Bonchev–Trinajstić information content (AvgIpc) is 2.99. The Bertz CT molecular complexity index is 977. The lowest BCUT2D eigenvalue weighted by Gasteiger charge is -2.22. The minimum atomic E-state index is -3.95. The number of benzene rings is 2. The van der Waals surface area contributed by atoms with Gasteiger partial charge in [-0.15, -0.1) is 0 Å². The molecule has 1 heterocycles. The molecule has 132 valence electrons. The summed E-state index contributed by atoms with van der Waals surface area (Å²) in [5.74, 6) is 0. The summed E-state index contributed by atoms with van der Waals surface area (Å²) in [6.45, 7) is 5.47. The summed E-state index contributed by atoms with van der Waals surface area (Å²) in [5, 5.41) is 0. The Kier molecular flexibility index (Phi) is 3.88. The zero-order valence-electron chi connectivity index (χ0n) is 14.2. The second-order valence-electron chi connectivity index (χ2n) is 6.69. The van der Waals surface area contributed by atoms with Crippen LogP contribution in [0, 0.1) is 20.8 Å². The van der Waals surface area contributed by atoms with Crippen molar-refractivity contribution < 1.29 is 16.8 Å². The van der Waals surface area contributed by atoms with Crippen LogP contribution in [0.15, 0.2) is 41.3 Å². The van der Waals surface area contributed by atoms with Gasteiger partial charge in [-0.05, 0) is 43.0 Å². The fourth-order valence-corrected chi connectivity index (χ4v) is 7.54. The van der Waals surface area contributed by atoms with Crippen LogP contribution in [0.4, 0.5) is 0 Å². The molecule has 5 nitrogen and oxygen atoms in total. The first-order valence-electron chi connectivity index (χ1n) is 8.10. The van der Waals surface area contributed by atoms with Crippen LogP contribution in [0.5, 0.6) is 0 Å². The van der Waals surface area contributed by atoms with E-state index < -0.39 is 33.4 Å². The van der Waals surface area contributed by atoms with E-state index in [1.54, 1.807) is 13.8 Å². The highest BCUT2D eigenvalue weighted by Gasteiger charge is 2.53. The van der Waals surface area contributed by atoms with Gasteiger partial charge < -0.3 is 0 Å². The first-order chi connectivity index (χ1) is 11.8. The molecule has 1 aliphatic carbocycles. The van der Waals surface area contributed by atoms with Gasteiger partial charge in [0.05, 0.1) is 10.9 Å². The van der Waals surface area contributed by atoms with Crippen LogP contribution in [0.25, 0.3) is 0 Å². The molecule has 1 saturated heterocycles. The summed E-state index contributed by atoms with van der Waals surface area (Å²) in [4.78, 5) is 0.222. The van der Waals surface area contributed by atoms with Crippen molar-refractivity contribution in [2.75, 3.05) is 0 Å². The number of hydrogen-bond acceptors (Lipinski definition) is 4. The van der Waals surface area contributed by atoms with Crippen LogP contribution in [0.2, 0.25) is 0 Å². The Hall–Kier alpha value is -1.54. The van der Waals surface area contributed by atoms with Crippen LogP contribution >= 0.6 is 0 Å². The average molecular weight is 377 g/mol. The molecule has 4 rings (SSSR count). The number of fused-ring (bicyclic) bond motifs is 3. The number of nitrogens with zero attached hydrogens (tertiary/aromatic N) is 1. The monoisotopic (exact) mass is 377 g/mol. The van der Waals surface area contributed by atoms with Crippen molar-refractivity contribution in [3.63, 3.8) is 0 Å². The van der Waals surface area contributed by atoms with Gasteiger partial charge in [0.25, 0.3) is 21.3 Å². The van der Waals surface area contributed by atoms with E-state index in [4.69, 9.17) is 4.18 Å². The normalized spacial score (nSPS) is 25.8. The highest BCUT2D eigenvalue weighted by molar-refractivity contribution is 7.99. The van der Waals surface area contributed by atoms with Crippen molar-refractivity contribution in [2.24, 2.45) is 0 Å². The van der Waals surface area contributed by atoms with Gasteiger partial charge in [-0.25, -0.2) is 12.6 Å². The zero-order chi connectivity index (χ0) is 17.9. The van der Waals surface area contributed by atoms with E-state index in [2.05, 4.69) is 0 Å². The number of aryl methyl sites for hydroxylation is 3. The molecule has 0 amide bonds. The van der Waals surface area contributed by atoms with E-state index >= 15 is 0 Å². The van der Waals surface area contributed by atoms with Gasteiger partial charge in [0.15, 0.2) is 0 Å². The number of hydrogen-bond donors (Lipinski definition) is 0. The third kappa shape index (κ3) is 2.49. The van der Waals surface area contributed by atoms with Crippen LogP contribution < -0.4 is 0 Å². The lowest BCUT2D eigenvalue weighted by molar-refractivity contribution is 0.230. The highest BCUT2D eigenvalue weighted by atomic mass is 32.3. The molecule has 7 heteroatoms. The smallest absolute Gasteiger partial charge is 0.257 e. The van der Waals surface area contributed by atoms with Crippen LogP contribution in [-0.4, -0.2) is 22.4 Å². The molecular weight excluding hydrogens is 358 g/mol. The Morgan fingerprint density at radius 1 is 1.12 bits per heavy atom. The van der Waals surface area contributed by atoms with Gasteiger partial charge >= 0.3 is 0 Å². The standard InChI is InChI=1S/C18H19NO4S2/c1-11-8-12(2)18(13(3)9-11)25(21,22)19-17-15-7-5-4-6-14(15)10-16(17)23-24(19)20/h4-9,16-17H,10H2,1-3H3/t16-,17+,24+/m1/s1. The summed E-state index contributed by atoms with van der Waals surface area (Å²) >= 11 is -2.02. The van der Waals surface area contributed by atoms with Crippen molar-refractivity contribution in [3.05, 3.63) is 64.2 Å².